The maximum Gasteiger partial charge on any atom is 0.261 e. The van der Waals surface area contributed by atoms with Gasteiger partial charge < -0.3 is 14.8 Å². The molecule has 0 saturated heterocycles. The lowest BCUT2D eigenvalue weighted by atomic mass is 10.1. The lowest BCUT2D eigenvalue weighted by Crippen LogP contribution is -2.38. The van der Waals surface area contributed by atoms with Gasteiger partial charge in [0.15, 0.2) is 17.7 Å². The molecule has 0 bridgehead atoms. The molecule has 2 rings (SSSR count). The van der Waals surface area contributed by atoms with Crippen LogP contribution in [0.4, 0.5) is 4.39 Å². The second-order valence-corrected chi connectivity index (χ2v) is 6.30. The van der Waals surface area contributed by atoms with Crippen LogP contribution in [0.25, 0.3) is 0 Å². The number of benzene rings is 2. The summed E-state index contributed by atoms with van der Waals surface area (Å²) in [6.07, 6.45) is 2.32. The number of carbonyl (C=O) groups is 1. The Hall–Kier alpha value is -2.56. The molecule has 1 N–H and O–H groups in total. The van der Waals surface area contributed by atoms with Crippen LogP contribution in [0.5, 0.6) is 11.5 Å². The molecule has 1 amide bonds. The molecule has 0 aliphatic rings. The number of aryl methyl sites for hydroxylation is 1. The monoisotopic (exact) mass is 373 g/mol. The van der Waals surface area contributed by atoms with Gasteiger partial charge in [-0.05, 0) is 49.4 Å². The predicted octanol–water partition coefficient (Wildman–Crippen LogP) is 4.52. The Morgan fingerprint density at radius 1 is 1.07 bits per heavy atom. The first-order valence-electron chi connectivity index (χ1n) is 9.55. The maximum atomic E-state index is 13.7. The second kappa shape index (κ2) is 11.2. The quantitative estimate of drug-likeness (QED) is 0.589. The van der Waals surface area contributed by atoms with Crippen molar-refractivity contribution in [1.82, 2.24) is 5.32 Å². The van der Waals surface area contributed by atoms with E-state index >= 15 is 0 Å². The highest BCUT2D eigenvalue weighted by Crippen LogP contribution is 2.20. The Morgan fingerprint density at radius 2 is 1.78 bits per heavy atom. The number of halogens is 1. The first-order valence-corrected chi connectivity index (χ1v) is 9.55. The van der Waals surface area contributed by atoms with E-state index in [-0.39, 0.29) is 11.7 Å². The lowest BCUT2D eigenvalue weighted by molar-refractivity contribution is -0.128. The van der Waals surface area contributed by atoms with Crippen LogP contribution in [0.2, 0.25) is 0 Å². The normalized spacial score (nSPS) is 11.7. The number of para-hydroxylation sites is 2. The van der Waals surface area contributed by atoms with Crippen molar-refractivity contribution in [3.63, 3.8) is 0 Å². The Kier molecular flexibility index (Phi) is 8.62. The summed E-state index contributed by atoms with van der Waals surface area (Å²) in [5.74, 6) is 0.310. The zero-order valence-corrected chi connectivity index (χ0v) is 16.0. The zero-order valence-electron chi connectivity index (χ0n) is 16.0. The van der Waals surface area contributed by atoms with Crippen molar-refractivity contribution in [3.8, 4) is 11.5 Å². The smallest absolute Gasteiger partial charge is 0.261 e. The Bertz CT molecular complexity index is 720. The molecule has 2 aromatic rings. The van der Waals surface area contributed by atoms with Crippen molar-refractivity contribution in [2.24, 2.45) is 0 Å². The van der Waals surface area contributed by atoms with Crippen molar-refractivity contribution in [2.75, 3.05) is 13.2 Å². The fraction of sp³-hybridized carbons (Fsp3) is 0.409. The average Bonchev–Trinajstić information content (AvgIpc) is 2.69. The molecule has 0 heterocycles. The Balaban J connectivity index is 1.80. The molecule has 0 aromatic heterocycles. The van der Waals surface area contributed by atoms with Crippen LogP contribution in [0.15, 0.2) is 48.5 Å². The molecule has 4 nitrogen and oxygen atoms in total. The van der Waals surface area contributed by atoms with Crippen molar-refractivity contribution in [1.29, 1.82) is 0 Å². The number of ether oxygens (including phenoxy) is 2. The molecular weight excluding hydrogens is 345 g/mol. The van der Waals surface area contributed by atoms with Gasteiger partial charge in [0.25, 0.3) is 5.91 Å². The molecule has 146 valence electrons. The van der Waals surface area contributed by atoms with Gasteiger partial charge in [-0.25, -0.2) is 4.39 Å². The van der Waals surface area contributed by atoms with Crippen LogP contribution >= 0.6 is 0 Å². The fourth-order valence-electron chi connectivity index (χ4n) is 2.68. The topological polar surface area (TPSA) is 47.6 Å². The van der Waals surface area contributed by atoms with E-state index in [0.717, 1.165) is 30.6 Å². The van der Waals surface area contributed by atoms with Gasteiger partial charge in [0.05, 0.1) is 6.61 Å². The highest BCUT2D eigenvalue weighted by molar-refractivity contribution is 5.81. The van der Waals surface area contributed by atoms with Crippen molar-refractivity contribution < 1.29 is 18.7 Å². The minimum atomic E-state index is -0.706. The first-order chi connectivity index (χ1) is 13.2. The molecule has 5 heteroatoms. The summed E-state index contributed by atoms with van der Waals surface area (Å²) in [4.78, 5) is 12.3. The van der Waals surface area contributed by atoms with E-state index < -0.39 is 11.9 Å². The molecule has 0 fully saturated rings. The van der Waals surface area contributed by atoms with Crippen molar-refractivity contribution in [3.05, 3.63) is 59.9 Å². The fourth-order valence-corrected chi connectivity index (χ4v) is 2.68. The van der Waals surface area contributed by atoms with Crippen molar-refractivity contribution in [2.45, 2.75) is 45.6 Å². The van der Waals surface area contributed by atoms with E-state index in [1.165, 1.54) is 12.1 Å². The SMILES string of the molecule is CCCOc1ccccc1CCCNC(=O)[C@H](CC)Oc1ccccc1F. The minimum Gasteiger partial charge on any atom is -0.493 e. The van der Waals surface area contributed by atoms with Gasteiger partial charge in [0.1, 0.15) is 5.75 Å². The second-order valence-electron chi connectivity index (χ2n) is 6.30. The summed E-state index contributed by atoms with van der Waals surface area (Å²) in [5.41, 5.74) is 1.13. The van der Waals surface area contributed by atoms with E-state index in [2.05, 4.69) is 12.2 Å². The summed E-state index contributed by atoms with van der Waals surface area (Å²) >= 11 is 0. The predicted molar refractivity (Wildman–Crippen MR) is 105 cm³/mol. The van der Waals surface area contributed by atoms with Crippen LogP contribution in [-0.4, -0.2) is 25.2 Å². The minimum absolute atomic E-state index is 0.0986. The molecule has 0 unspecified atom stereocenters. The van der Waals surface area contributed by atoms with Gasteiger partial charge in [0.2, 0.25) is 0 Å². The lowest BCUT2D eigenvalue weighted by Gasteiger charge is -2.17. The molecule has 1 atom stereocenters. The number of nitrogens with one attached hydrogen (secondary N) is 1. The summed E-state index contributed by atoms with van der Waals surface area (Å²) in [6.45, 7) is 5.13. The molecule has 27 heavy (non-hydrogen) atoms. The van der Waals surface area contributed by atoms with Gasteiger partial charge in [-0.15, -0.1) is 0 Å². The number of rotatable bonds is 11. The molecular formula is C22H28FNO3. The molecule has 0 aliphatic heterocycles. The average molecular weight is 373 g/mol. The Morgan fingerprint density at radius 3 is 2.48 bits per heavy atom. The maximum absolute atomic E-state index is 13.7. The molecule has 0 radical (unpaired) electrons. The van der Waals surface area contributed by atoms with E-state index in [4.69, 9.17) is 9.47 Å². The summed E-state index contributed by atoms with van der Waals surface area (Å²) < 4.78 is 25.0. The Labute approximate surface area is 160 Å². The van der Waals surface area contributed by atoms with E-state index in [0.29, 0.717) is 19.6 Å². The highest BCUT2D eigenvalue weighted by atomic mass is 19.1. The molecule has 0 spiro atoms. The first kappa shape index (κ1) is 20.7. The van der Waals surface area contributed by atoms with Crippen LogP contribution in [0.1, 0.15) is 38.7 Å². The third-order valence-electron chi connectivity index (χ3n) is 4.13. The third-order valence-corrected chi connectivity index (χ3v) is 4.13. The van der Waals surface area contributed by atoms with Gasteiger partial charge in [-0.2, -0.15) is 0 Å². The number of hydrogen-bond donors (Lipinski definition) is 1. The van der Waals surface area contributed by atoms with Crippen molar-refractivity contribution >= 4 is 5.91 Å². The summed E-state index contributed by atoms with van der Waals surface area (Å²) in [5, 5.41) is 2.88. The van der Waals surface area contributed by atoms with Crippen LogP contribution in [-0.2, 0) is 11.2 Å². The molecule has 0 aliphatic carbocycles. The summed E-state index contributed by atoms with van der Waals surface area (Å²) in [7, 11) is 0. The largest absolute Gasteiger partial charge is 0.493 e. The third kappa shape index (κ3) is 6.59. The van der Waals surface area contributed by atoms with Gasteiger partial charge in [-0.3, -0.25) is 4.79 Å². The van der Waals surface area contributed by atoms with E-state index in [1.807, 2.05) is 31.2 Å². The highest BCUT2D eigenvalue weighted by Gasteiger charge is 2.19. The number of carbonyl (C=O) groups excluding carboxylic acids is 1. The number of hydrogen-bond acceptors (Lipinski definition) is 3. The summed E-state index contributed by atoms with van der Waals surface area (Å²) in [6, 6.07) is 14.1. The number of amides is 1. The van der Waals surface area contributed by atoms with Crippen LogP contribution in [0, 0.1) is 5.82 Å². The van der Waals surface area contributed by atoms with E-state index in [9.17, 15) is 9.18 Å². The van der Waals surface area contributed by atoms with Gasteiger partial charge in [-0.1, -0.05) is 44.2 Å². The van der Waals surface area contributed by atoms with Gasteiger partial charge in [0, 0.05) is 6.54 Å². The molecule has 2 aromatic carbocycles. The zero-order chi connectivity index (χ0) is 19.5. The van der Waals surface area contributed by atoms with Crippen LogP contribution in [0.3, 0.4) is 0 Å². The van der Waals surface area contributed by atoms with Crippen LogP contribution < -0.4 is 14.8 Å². The van der Waals surface area contributed by atoms with E-state index in [1.54, 1.807) is 12.1 Å². The van der Waals surface area contributed by atoms with Gasteiger partial charge >= 0.3 is 0 Å². The standard InChI is InChI=1S/C22H28FNO3/c1-3-16-26-20-13-7-5-10-17(20)11-9-15-24-22(25)19(4-2)27-21-14-8-6-12-18(21)23/h5-8,10,12-14,19H,3-4,9,11,15-16H2,1-2H3,(H,24,25)/t19-/m0/s1. The molecule has 0 saturated carbocycles.